The Labute approximate surface area is 250 Å². The average Bonchev–Trinajstić information content (AvgIpc) is 2.96. The summed E-state index contributed by atoms with van der Waals surface area (Å²) in [5.74, 6) is 0.786. The van der Waals surface area contributed by atoms with E-state index in [2.05, 4.69) is 73.0 Å². The number of fused-ring (bicyclic) bond motifs is 3. The molecule has 5 rings (SSSR count). The highest BCUT2D eigenvalue weighted by atomic mass is 32.2. The van der Waals surface area contributed by atoms with Crippen LogP contribution in [0, 0.1) is 0 Å². The van der Waals surface area contributed by atoms with Crippen molar-refractivity contribution in [2.24, 2.45) is 0 Å². The minimum atomic E-state index is -3.69. The normalized spacial score (nSPS) is 14.8. The first-order valence-electron chi connectivity index (χ1n) is 14.6. The fourth-order valence-corrected chi connectivity index (χ4v) is 6.46. The zero-order chi connectivity index (χ0) is 29.9. The topological polar surface area (TPSA) is 87.2 Å². The number of hydrogen-bond acceptors (Lipinski definition) is 6. The maximum absolute atomic E-state index is 13.1. The first-order chi connectivity index (χ1) is 20.0. The summed E-state index contributed by atoms with van der Waals surface area (Å²) in [6.45, 7) is 8.24. The van der Waals surface area contributed by atoms with Crippen LogP contribution in [0.4, 0.5) is 11.6 Å². The van der Waals surface area contributed by atoms with Gasteiger partial charge in [-0.3, -0.25) is 4.72 Å². The summed E-state index contributed by atoms with van der Waals surface area (Å²) in [4.78, 5) is 12.0. The maximum Gasteiger partial charge on any atom is 0.261 e. The van der Waals surface area contributed by atoms with Crippen molar-refractivity contribution in [3.63, 3.8) is 0 Å². The van der Waals surface area contributed by atoms with E-state index in [0.717, 1.165) is 60.3 Å². The molecular formula is C34H41N5O2S. The van der Waals surface area contributed by atoms with Gasteiger partial charge in [-0.05, 0) is 91.8 Å². The summed E-state index contributed by atoms with van der Waals surface area (Å²) in [6.07, 6.45) is 4.91. The van der Waals surface area contributed by atoms with Gasteiger partial charge >= 0.3 is 0 Å². The summed E-state index contributed by atoms with van der Waals surface area (Å²) >= 11 is 0. The summed E-state index contributed by atoms with van der Waals surface area (Å²) in [5, 5.41) is 3.39. The lowest BCUT2D eigenvalue weighted by Crippen LogP contribution is -2.17. The molecule has 0 bridgehead atoms. The van der Waals surface area contributed by atoms with Crippen LogP contribution in [0.1, 0.15) is 61.8 Å². The number of anilines is 2. The molecule has 4 aromatic rings. The van der Waals surface area contributed by atoms with Gasteiger partial charge in [0.25, 0.3) is 10.0 Å². The number of nitrogens with zero attached hydrogens (tertiary/aromatic N) is 3. The fourth-order valence-electron chi connectivity index (χ4n) is 5.40. The lowest BCUT2D eigenvalue weighted by molar-refractivity contribution is 0.396. The Bertz CT molecular complexity index is 1630. The number of sulfonamides is 1. The van der Waals surface area contributed by atoms with Crippen LogP contribution < -0.4 is 10.0 Å². The zero-order valence-corrected chi connectivity index (χ0v) is 26.0. The Morgan fingerprint density at radius 3 is 2.33 bits per heavy atom. The van der Waals surface area contributed by atoms with Crippen LogP contribution in [0.3, 0.4) is 0 Å². The third-order valence-electron chi connectivity index (χ3n) is 7.79. The van der Waals surface area contributed by atoms with Gasteiger partial charge in [0.15, 0.2) is 0 Å². The van der Waals surface area contributed by atoms with Crippen molar-refractivity contribution in [2.75, 3.05) is 37.2 Å². The Kier molecular flexibility index (Phi) is 8.66. The van der Waals surface area contributed by atoms with Crippen LogP contribution in [0.5, 0.6) is 0 Å². The fraction of sp³-hybridized carbons (Fsp3) is 0.353. The summed E-state index contributed by atoms with van der Waals surface area (Å²) in [6, 6.07) is 23.2. The molecule has 1 aliphatic rings. The van der Waals surface area contributed by atoms with E-state index in [0.29, 0.717) is 11.6 Å². The number of nitrogens with one attached hydrogen (secondary N) is 2. The van der Waals surface area contributed by atoms with Crippen LogP contribution in [0.2, 0.25) is 0 Å². The standard InChI is InChI=1S/C34H41N5O2S/c1-34(2,3)26-14-18-28(19-15-26)42(40,41)38-27-16-12-24(13-17-27)31-22-25-23-36-33(35-20-8-9-21-39(4)5)37-32(25)30-11-7-6-10-29(30)31/h6-7,10-19,23,31,38H,8-9,20-22H2,1-5H3,(H,35,36,37). The second-order valence-corrected chi connectivity index (χ2v) is 14.0. The van der Waals surface area contributed by atoms with Gasteiger partial charge in [-0.15, -0.1) is 0 Å². The van der Waals surface area contributed by atoms with Crippen molar-refractivity contribution in [1.29, 1.82) is 0 Å². The number of rotatable bonds is 10. The summed E-state index contributed by atoms with van der Waals surface area (Å²) in [7, 11) is 0.489. The van der Waals surface area contributed by atoms with Gasteiger partial charge in [-0.2, -0.15) is 0 Å². The molecule has 2 N–H and O–H groups in total. The molecule has 0 amide bonds. The SMILES string of the molecule is CN(C)CCCCNc1ncc2c(n1)-c1ccccc1C(c1ccc(NS(=O)(=O)c3ccc(C(C)(C)C)cc3)cc1)C2. The highest BCUT2D eigenvalue weighted by Gasteiger charge is 2.27. The van der Waals surface area contributed by atoms with Crippen LogP contribution in [-0.4, -0.2) is 50.5 Å². The molecule has 1 unspecified atom stereocenters. The number of unbranched alkanes of at least 4 members (excludes halogenated alkanes) is 1. The molecule has 8 heteroatoms. The molecular weight excluding hydrogens is 542 g/mol. The molecule has 1 aliphatic carbocycles. The van der Waals surface area contributed by atoms with E-state index >= 15 is 0 Å². The molecule has 1 heterocycles. The molecule has 0 saturated heterocycles. The first kappa shape index (κ1) is 29.7. The molecule has 7 nitrogen and oxygen atoms in total. The van der Waals surface area contributed by atoms with E-state index in [-0.39, 0.29) is 16.2 Å². The molecule has 0 aliphatic heterocycles. The molecule has 3 aromatic carbocycles. The predicted octanol–water partition coefficient (Wildman–Crippen LogP) is 6.68. The molecule has 1 atom stereocenters. The van der Waals surface area contributed by atoms with Crippen LogP contribution in [-0.2, 0) is 21.9 Å². The molecule has 1 aromatic heterocycles. The molecule has 0 saturated carbocycles. The number of aromatic nitrogens is 2. The van der Waals surface area contributed by atoms with Crippen molar-refractivity contribution in [3.05, 3.63) is 101 Å². The van der Waals surface area contributed by atoms with Gasteiger partial charge in [0.2, 0.25) is 5.95 Å². The van der Waals surface area contributed by atoms with Gasteiger partial charge in [0, 0.05) is 29.9 Å². The molecule has 0 spiro atoms. The third-order valence-corrected chi connectivity index (χ3v) is 9.19. The second kappa shape index (κ2) is 12.2. The third kappa shape index (κ3) is 6.82. The molecule has 220 valence electrons. The first-order valence-corrected chi connectivity index (χ1v) is 16.1. The number of benzene rings is 3. The maximum atomic E-state index is 13.1. The van der Waals surface area contributed by atoms with E-state index in [9.17, 15) is 8.42 Å². The van der Waals surface area contributed by atoms with E-state index in [4.69, 9.17) is 4.98 Å². The van der Waals surface area contributed by atoms with E-state index in [1.807, 2.05) is 48.7 Å². The Balaban J connectivity index is 1.31. The van der Waals surface area contributed by atoms with Gasteiger partial charge in [-0.1, -0.05) is 69.3 Å². The quantitative estimate of drug-likeness (QED) is 0.203. The molecule has 0 radical (unpaired) electrons. The monoisotopic (exact) mass is 583 g/mol. The van der Waals surface area contributed by atoms with E-state index < -0.39 is 10.0 Å². The van der Waals surface area contributed by atoms with Gasteiger partial charge in [-0.25, -0.2) is 18.4 Å². The average molecular weight is 584 g/mol. The smallest absolute Gasteiger partial charge is 0.261 e. The second-order valence-electron chi connectivity index (χ2n) is 12.4. The molecule has 42 heavy (non-hydrogen) atoms. The number of hydrogen-bond donors (Lipinski definition) is 2. The Morgan fingerprint density at radius 2 is 1.64 bits per heavy atom. The highest BCUT2D eigenvalue weighted by molar-refractivity contribution is 7.92. The zero-order valence-electron chi connectivity index (χ0n) is 25.2. The summed E-state index contributed by atoms with van der Waals surface area (Å²) in [5.41, 5.74) is 7.13. The van der Waals surface area contributed by atoms with Crippen LogP contribution in [0.15, 0.2) is 83.9 Å². The molecule has 0 fully saturated rings. The van der Waals surface area contributed by atoms with Crippen LogP contribution in [0.25, 0.3) is 11.3 Å². The van der Waals surface area contributed by atoms with Gasteiger partial charge in [0.05, 0.1) is 10.6 Å². The Morgan fingerprint density at radius 1 is 0.929 bits per heavy atom. The lowest BCUT2D eigenvalue weighted by atomic mass is 9.78. The minimum Gasteiger partial charge on any atom is -0.354 e. The van der Waals surface area contributed by atoms with Crippen molar-refractivity contribution in [1.82, 2.24) is 14.9 Å². The largest absolute Gasteiger partial charge is 0.354 e. The predicted molar refractivity (Wildman–Crippen MR) is 172 cm³/mol. The van der Waals surface area contributed by atoms with E-state index in [1.165, 1.54) is 5.56 Å². The van der Waals surface area contributed by atoms with Gasteiger partial charge < -0.3 is 10.2 Å². The van der Waals surface area contributed by atoms with E-state index in [1.54, 1.807) is 12.1 Å². The van der Waals surface area contributed by atoms with Crippen molar-refractivity contribution >= 4 is 21.7 Å². The van der Waals surface area contributed by atoms with Crippen molar-refractivity contribution < 1.29 is 8.42 Å². The Hall–Kier alpha value is -3.75. The van der Waals surface area contributed by atoms with Crippen LogP contribution >= 0.6 is 0 Å². The van der Waals surface area contributed by atoms with Crippen molar-refractivity contribution in [3.8, 4) is 11.3 Å². The van der Waals surface area contributed by atoms with Gasteiger partial charge in [0.1, 0.15) is 0 Å². The van der Waals surface area contributed by atoms with Crippen molar-refractivity contribution in [2.45, 2.75) is 56.3 Å². The lowest BCUT2D eigenvalue weighted by Gasteiger charge is -2.27. The highest BCUT2D eigenvalue weighted by Crippen LogP contribution is 2.42. The summed E-state index contributed by atoms with van der Waals surface area (Å²) < 4.78 is 28.9. The minimum absolute atomic E-state index is 0.0409.